The lowest BCUT2D eigenvalue weighted by atomic mass is 10.0. The highest BCUT2D eigenvalue weighted by Gasteiger charge is 2.21. The van der Waals surface area contributed by atoms with Gasteiger partial charge in [0.2, 0.25) is 5.75 Å². The first kappa shape index (κ1) is 24.6. The molecular formula is C24H31N3O5S. The fourth-order valence-electron chi connectivity index (χ4n) is 3.88. The summed E-state index contributed by atoms with van der Waals surface area (Å²) in [5.41, 5.74) is 2.44. The van der Waals surface area contributed by atoms with E-state index < -0.39 is 0 Å². The predicted octanol–water partition coefficient (Wildman–Crippen LogP) is 3.45. The van der Waals surface area contributed by atoms with Gasteiger partial charge in [-0.2, -0.15) is 0 Å². The molecule has 2 N–H and O–H groups in total. The molecule has 0 amide bonds. The van der Waals surface area contributed by atoms with Gasteiger partial charge in [0.1, 0.15) is 0 Å². The molecule has 178 valence electrons. The van der Waals surface area contributed by atoms with Crippen molar-refractivity contribution < 1.29 is 23.7 Å². The van der Waals surface area contributed by atoms with E-state index >= 15 is 0 Å². The zero-order chi connectivity index (χ0) is 23.8. The molecule has 0 spiro atoms. The quantitative estimate of drug-likeness (QED) is 0.443. The van der Waals surface area contributed by atoms with E-state index in [4.69, 9.17) is 31.2 Å². The minimum Gasteiger partial charge on any atom is -0.493 e. The lowest BCUT2D eigenvalue weighted by molar-refractivity contribution is 0.0601. The molecular weight excluding hydrogens is 442 g/mol. The third-order valence-corrected chi connectivity index (χ3v) is 5.84. The minimum absolute atomic E-state index is 0.301. The van der Waals surface area contributed by atoms with E-state index in [1.165, 1.54) is 7.11 Å². The summed E-state index contributed by atoms with van der Waals surface area (Å²) in [6.45, 7) is 2.70. The average Bonchev–Trinajstić information content (AvgIpc) is 2.84. The number of hydrogen-bond acceptors (Lipinski definition) is 7. The molecule has 1 aliphatic heterocycles. The molecule has 1 aliphatic rings. The van der Waals surface area contributed by atoms with E-state index in [1.807, 2.05) is 12.1 Å². The number of piperidine rings is 1. The second-order valence-electron chi connectivity index (χ2n) is 7.75. The van der Waals surface area contributed by atoms with Crippen LogP contribution < -0.4 is 24.8 Å². The number of anilines is 1. The number of nitrogens with one attached hydrogen (secondary N) is 2. The van der Waals surface area contributed by atoms with E-state index in [0.717, 1.165) is 43.7 Å². The van der Waals surface area contributed by atoms with Gasteiger partial charge < -0.3 is 29.6 Å². The molecule has 2 aromatic carbocycles. The van der Waals surface area contributed by atoms with Gasteiger partial charge in [0.15, 0.2) is 16.6 Å². The van der Waals surface area contributed by atoms with Crippen molar-refractivity contribution in [2.24, 2.45) is 0 Å². The largest absolute Gasteiger partial charge is 0.493 e. The van der Waals surface area contributed by atoms with Crippen LogP contribution in [0.15, 0.2) is 36.4 Å². The number of carbonyl (C=O) groups is 1. The van der Waals surface area contributed by atoms with Crippen LogP contribution in [0.3, 0.4) is 0 Å². The topological polar surface area (TPSA) is 81.3 Å². The number of ether oxygens (including phenoxy) is 4. The number of carbonyl (C=O) groups excluding carboxylic acids is 1. The Kier molecular flexibility index (Phi) is 8.73. The summed E-state index contributed by atoms with van der Waals surface area (Å²) in [5.74, 6) is 1.58. The maximum Gasteiger partial charge on any atom is 0.337 e. The Morgan fingerprint density at radius 3 is 2.12 bits per heavy atom. The molecule has 9 heteroatoms. The minimum atomic E-state index is -0.361. The van der Waals surface area contributed by atoms with Crippen molar-refractivity contribution >= 4 is 29.0 Å². The van der Waals surface area contributed by atoms with Crippen molar-refractivity contribution in [2.45, 2.75) is 25.4 Å². The van der Waals surface area contributed by atoms with Crippen LogP contribution in [0.2, 0.25) is 0 Å². The molecule has 0 aromatic heterocycles. The standard InChI is InChI=1S/C24H31N3O5S/c1-29-20-13-16(14-21(30-2)22(20)31-3)15-27-11-9-19(10-12-27)26-24(33)25-18-7-5-17(6-8-18)23(28)32-4/h5-8,13-14,19H,9-12,15H2,1-4H3,(H2,25,26,33). The molecule has 3 rings (SSSR count). The first-order valence-electron chi connectivity index (χ1n) is 10.7. The molecule has 33 heavy (non-hydrogen) atoms. The summed E-state index contributed by atoms with van der Waals surface area (Å²) in [6, 6.07) is 11.3. The number of thiocarbonyl (C=S) groups is 1. The lowest BCUT2D eigenvalue weighted by Gasteiger charge is -2.33. The summed E-state index contributed by atoms with van der Waals surface area (Å²) < 4.78 is 21.1. The third kappa shape index (κ3) is 6.49. The normalized spacial score (nSPS) is 14.3. The van der Waals surface area contributed by atoms with E-state index in [9.17, 15) is 4.79 Å². The lowest BCUT2D eigenvalue weighted by Crippen LogP contribution is -2.45. The first-order valence-corrected chi connectivity index (χ1v) is 11.1. The molecule has 0 bridgehead atoms. The Labute approximate surface area is 200 Å². The van der Waals surface area contributed by atoms with Crippen molar-refractivity contribution in [2.75, 3.05) is 46.8 Å². The monoisotopic (exact) mass is 473 g/mol. The third-order valence-electron chi connectivity index (χ3n) is 5.62. The van der Waals surface area contributed by atoms with Gasteiger partial charge in [-0.15, -0.1) is 0 Å². The summed E-state index contributed by atoms with van der Waals surface area (Å²) in [4.78, 5) is 13.9. The number of esters is 1. The SMILES string of the molecule is COC(=O)c1ccc(NC(=S)NC2CCN(Cc3cc(OC)c(OC)c(OC)c3)CC2)cc1. The number of rotatable bonds is 8. The Morgan fingerprint density at radius 2 is 1.61 bits per heavy atom. The number of hydrogen-bond donors (Lipinski definition) is 2. The van der Waals surface area contributed by atoms with Gasteiger partial charge in [0, 0.05) is 31.4 Å². The van der Waals surface area contributed by atoms with Crippen molar-refractivity contribution in [3.05, 3.63) is 47.5 Å². The fourth-order valence-corrected chi connectivity index (χ4v) is 4.16. The van der Waals surface area contributed by atoms with Crippen LogP contribution in [0.4, 0.5) is 5.69 Å². The van der Waals surface area contributed by atoms with Crippen molar-refractivity contribution in [1.29, 1.82) is 0 Å². The smallest absolute Gasteiger partial charge is 0.337 e. The van der Waals surface area contributed by atoms with Crippen molar-refractivity contribution in [3.63, 3.8) is 0 Å². The second-order valence-corrected chi connectivity index (χ2v) is 8.16. The van der Waals surface area contributed by atoms with Crippen LogP contribution in [0.5, 0.6) is 17.2 Å². The van der Waals surface area contributed by atoms with Crippen LogP contribution in [0.25, 0.3) is 0 Å². The van der Waals surface area contributed by atoms with E-state index in [-0.39, 0.29) is 5.97 Å². The van der Waals surface area contributed by atoms with Crippen LogP contribution in [-0.2, 0) is 11.3 Å². The van der Waals surface area contributed by atoms with E-state index in [2.05, 4.69) is 15.5 Å². The Hall–Kier alpha value is -3.04. The molecule has 0 saturated carbocycles. The highest BCUT2D eigenvalue weighted by Crippen LogP contribution is 2.38. The zero-order valence-corrected chi connectivity index (χ0v) is 20.3. The molecule has 0 aliphatic carbocycles. The number of benzene rings is 2. The molecule has 8 nitrogen and oxygen atoms in total. The summed E-state index contributed by atoms with van der Waals surface area (Å²) in [6.07, 6.45) is 1.96. The van der Waals surface area contributed by atoms with Gasteiger partial charge in [-0.1, -0.05) is 0 Å². The number of likely N-dealkylation sites (tertiary alicyclic amines) is 1. The summed E-state index contributed by atoms with van der Waals surface area (Å²) in [5, 5.41) is 7.15. The molecule has 2 aromatic rings. The van der Waals surface area contributed by atoms with Gasteiger partial charge >= 0.3 is 5.97 Å². The molecule has 1 fully saturated rings. The van der Waals surface area contributed by atoms with Crippen molar-refractivity contribution in [3.8, 4) is 17.2 Å². The Bertz CT molecular complexity index is 934. The number of methoxy groups -OCH3 is 4. The van der Waals surface area contributed by atoms with E-state index in [1.54, 1.807) is 45.6 Å². The summed E-state index contributed by atoms with van der Waals surface area (Å²) in [7, 11) is 6.23. The zero-order valence-electron chi connectivity index (χ0n) is 19.5. The average molecular weight is 474 g/mol. The second kappa shape index (κ2) is 11.7. The van der Waals surface area contributed by atoms with Gasteiger partial charge in [0.25, 0.3) is 0 Å². The highest BCUT2D eigenvalue weighted by molar-refractivity contribution is 7.80. The summed E-state index contributed by atoms with van der Waals surface area (Å²) >= 11 is 5.47. The Balaban J connectivity index is 1.49. The number of nitrogens with zero attached hydrogens (tertiary/aromatic N) is 1. The van der Waals surface area contributed by atoms with Crippen LogP contribution in [-0.4, -0.2) is 63.6 Å². The molecule has 1 heterocycles. The molecule has 1 saturated heterocycles. The van der Waals surface area contributed by atoms with Crippen LogP contribution >= 0.6 is 12.2 Å². The predicted molar refractivity (Wildman–Crippen MR) is 132 cm³/mol. The highest BCUT2D eigenvalue weighted by atomic mass is 32.1. The van der Waals surface area contributed by atoms with Gasteiger partial charge in [-0.05, 0) is 67.0 Å². The molecule has 0 radical (unpaired) electrons. The molecule has 0 atom stereocenters. The Morgan fingerprint density at radius 1 is 1.00 bits per heavy atom. The van der Waals surface area contributed by atoms with Gasteiger partial charge in [-0.25, -0.2) is 4.79 Å². The maximum absolute atomic E-state index is 11.5. The van der Waals surface area contributed by atoms with Gasteiger partial charge in [-0.3, -0.25) is 4.90 Å². The van der Waals surface area contributed by atoms with Crippen LogP contribution in [0.1, 0.15) is 28.8 Å². The fraction of sp³-hybridized carbons (Fsp3) is 0.417. The molecule has 0 unspecified atom stereocenters. The first-order chi connectivity index (χ1) is 16.0. The van der Waals surface area contributed by atoms with E-state index in [0.29, 0.717) is 34.0 Å². The van der Waals surface area contributed by atoms with Crippen LogP contribution in [0, 0.1) is 0 Å². The van der Waals surface area contributed by atoms with Crippen molar-refractivity contribution in [1.82, 2.24) is 10.2 Å². The van der Waals surface area contributed by atoms with Gasteiger partial charge in [0.05, 0.1) is 34.0 Å². The maximum atomic E-state index is 11.5.